The predicted molar refractivity (Wildman–Crippen MR) is 113 cm³/mol. The number of rotatable bonds is 6. The summed E-state index contributed by atoms with van der Waals surface area (Å²) in [4.78, 5) is 40.2. The van der Waals surface area contributed by atoms with E-state index in [9.17, 15) is 14.4 Å². The molecule has 2 N–H and O–H groups in total. The molecular formula is C21H32N4O4. The fraction of sp³-hybridized carbons (Fsp3) is 0.571. The van der Waals surface area contributed by atoms with Gasteiger partial charge in [-0.3, -0.25) is 4.79 Å². The van der Waals surface area contributed by atoms with E-state index in [1.54, 1.807) is 0 Å². The van der Waals surface area contributed by atoms with E-state index in [0.717, 1.165) is 18.8 Å². The molecule has 160 valence electrons. The van der Waals surface area contributed by atoms with E-state index >= 15 is 0 Å². The smallest absolute Gasteiger partial charge is 0.328 e. The van der Waals surface area contributed by atoms with Crippen molar-refractivity contribution < 1.29 is 19.1 Å². The van der Waals surface area contributed by atoms with Gasteiger partial charge in [0.25, 0.3) is 0 Å². The van der Waals surface area contributed by atoms with Crippen molar-refractivity contribution in [2.75, 3.05) is 43.5 Å². The highest BCUT2D eigenvalue weighted by molar-refractivity contribution is 5.92. The minimum Gasteiger partial charge on any atom is -0.467 e. The SMILES string of the molecule is COC(=O)C(NC(=O)Nc1ccc(N2CCN(C(=O)C(C)C)CC2)cc1)C(C)C. The van der Waals surface area contributed by atoms with Gasteiger partial charge in [0, 0.05) is 43.5 Å². The number of hydrogen-bond acceptors (Lipinski definition) is 5. The predicted octanol–water partition coefficient (Wildman–Crippen LogP) is 2.31. The summed E-state index contributed by atoms with van der Waals surface area (Å²) >= 11 is 0. The Balaban J connectivity index is 1.90. The number of benzene rings is 1. The first-order valence-electron chi connectivity index (χ1n) is 10.0. The highest BCUT2D eigenvalue weighted by atomic mass is 16.5. The Labute approximate surface area is 172 Å². The number of esters is 1. The van der Waals surface area contributed by atoms with Gasteiger partial charge in [0.15, 0.2) is 0 Å². The number of anilines is 2. The molecule has 1 saturated heterocycles. The number of urea groups is 1. The van der Waals surface area contributed by atoms with Crippen molar-refractivity contribution in [3.63, 3.8) is 0 Å². The molecule has 1 aliphatic rings. The Morgan fingerprint density at radius 3 is 2.03 bits per heavy atom. The van der Waals surface area contributed by atoms with E-state index in [0.29, 0.717) is 18.8 Å². The standard InChI is InChI=1S/C21H32N4O4/c1-14(2)18(20(27)29-5)23-21(28)22-16-6-8-17(9-7-16)24-10-12-25(13-11-24)19(26)15(3)4/h6-9,14-15,18H,10-13H2,1-5H3,(H2,22,23,28). The first kappa shape index (κ1) is 22.5. The van der Waals surface area contributed by atoms with Gasteiger partial charge in [-0.05, 0) is 30.2 Å². The van der Waals surface area contributed by atoms with Crippen LogP contribution >= 0.6 is 0 Å². The second-order valence-corrected chi connectivity index (χ2v) is 7.86. The second-order valence-electron chi connectivity index (χ2n) is 7.86. The van der Waals surface area contributed by atoms with Crippen LogP contribution in [0, 0.1) is 11.8 Å². The van der Waals surface area contributed by atoms with Crippen molar-refractivity contribution in [2.45, 2.75) is 33.7 Å². The van der Waals surface area contributed by atoms with Gasteiger partial charge in [-0.1, -0.05) is 27.7 Å². The fourth-order valence-electron chi connectivity index (χ4n) is 3.24. The molecule has 0 radical (unpaired) electrons. The summed E-state index contributed by atoms with van der Waals surface area (Å²) in [5, 5.41) is 5.39. The van der Waals surface area contributed by atoms with Gasteiger partial charge in [-0.2, -0.15) is 0 Å². The zero-order valence-electron chi connectivity index (χ0n) is 17.9. The minimum atomic E-state index is -0.705. The number of nitrogens with zero attached hydrogens (tertiary/aromatic N) is 2. The van der Waals surface area contributed by atoms with E-state index in [1.165, 1.54) is 7.11 Å². The molecule has 29 heavy (non-hydrogen) atoms. The highest BCUT2D eigenvalue weighted by Gasteiger charge is 2.25. The van der Waals surface area contributed by atoms with Crippen LogP contribution in [-0.2, 0) is 14.3 Å². The average Bonchev–Trinajstić information content (AvgIpc) is 2.71. The van der Waals surface area contributed by atoms with E-state index in [1.807, 2.05) is 56.9 Å². The molecule has 0 aromatic heterocycles. The van der Waals surface area contributed by atoms with Gasteiger partial charge in [0.2, 0.25) is 5.91 Å². The van der Waals surface area contributed by atoms with Crippen molar-refractivity contribution in [2.24, 2.45) is 11.8 Å². The topological polar surface area (TPSA) is 91.0 Å². The lowest BCUT2D eigenvalue weighted by Crippen LogP contribution is -2.49. The molecule has 1 aliphatic heterocycles. The quantitative estimate of drug-likeness (QED) is 0.710. The lowest BCUT2D eigenvalue weighted by Gasteiger charge is -2.37. The first-order chi connectivity index (χ1) is 13.7. The molecule has 0 aliphatic carbocycles. The number of ether oxygens (including phenoxy) is 1. The number of carbonyl (C=O) groups is 3. The third kappa shape index (κ3) is 6.10. The maximum absolute atomic E-state index is 12.2. The summed E-state index contributed by atoms with van der Waals surface area (Å²) in [6.07, 6.45) is 0. The van der Waals surface area contributed by atoms with Gasteiger partial charge in [0.05, 0.1) is 7.11 Å². The zero-order chi connectivity index (χ0) is 21.6. The maximum atomic E-state index is 12.2. The number of methoxy groups -OCH3 is 1. The Bertz CT molecular complexity index is 710. The number of hydrogen-bond donors (Lipinski definition) is 2. The molecule has 1 aromatic rings. The normalized spacial score (nSPS) is 15.3. The van der Waals surface area contributed by atoms with E-state index in [4.69, 9.17) is 4.74 Å². The van der Waals surface area contributed by atoms with Crippen LogP contribution in [-0.4, -0.2) is 62.1 Å². The number of carbonyl (C=O) groups excluding carboxylic acids is 3. The molecule has 1 fully saturated rings. The molecule has 0 bridgehead atoms. The molecule has 1 heterocycles. The number of amides is 3. The van der Waals surface area contributed by atoms with Gasteiger partial charge >= 0.3 is 12.0 Å². The molecule has 2 rings (SSSR count). The number of piperazine rings is 1. The van der Waals surface area contributed by atoms with Crippen molar-refractivity contribution in [3.05, 3.63) is 24.3 Å². The minimum absolute atomic E-state index is 0.0209. The molecule has 1 unspecified atom stereocenters. The largest absolute Gasteiger partial charge is 0.467 e. The van der Waals surface area contributed by atoms with Crippen LogP contribution in [0.4, 0.5) is 16.2 Å². The summed E-state index contributed by atoms with van der Waals surface area (Å²) in [5.41, 5.74) is 1.68. The van der Waals surface area contributed by atoms with E-state index in [2.05, 4.69) is 15.5 Å². The van der Waals surface area contributed by atoms with Gasteiger partial charge in [-0.25, -0.2) is 9.59 Å². The Kier molecular flexibility index (Phi) is 7.87. The van der Waals surface area contributed by atoms with Gasteiger partial charge in [-0.15, -0.1) is 0 Å². The maximum Gasteiger partial charge on any atom is 0.328 e. The molecule has 8 nitrogen and oxygen atoms in total. The van der Waals surface area contributed by atoms with Crippen molar-refractivity contribution in [3.8, 4) is 0 Å². The first-order valence-corrected chi connectivity index (χ1v) is 10.0. The summed E-state index contributed by atoms with van der Waals surface area (Å²) in [6, 6.07) is 6.37. The molecule has 1 aromatic carbocycles. The summed E-state index contributed by atoms with van der Waals surface area (Å²) in [5.74, 6) is -0.341. The van der Waals surface area contributed by atoms with Crippen LogP contribution in [0.15, 0.2) is 24.3 Å². The Hall–Kier alpha value is -2.77. The van der Waals surface area contributed by atoms with E-state index in [-0.39, 0.29) is 17.7 Å². The van der Waals surface area contributed by atoms with Crippen LogP contribution in [0.2, 0.25) is 0 Å². The third-order valence-electron chi connectivity index (χ3n) is 4.98. The fourth-order valence-corrected chi connectivity index (χ4v) is 3.24. The zero-order valence-corrected chi connectivity index (χ0v) is 17.9. The van der Waals surface area contributed by atoms with Crippen LogP contribution in [0.5, 0.6) is 0 Å². The average molecular weight is 405 g/mol. The summed E-state index contributed by atoms with van der Waals surface area (Å²) in [7, 11) is 1.30. The van der Waals surface area contributed by atoms with Crippen molar-refractivity contribution in [1.29, 1.82) is 0 Å². The molecule has 0 saturated carbocycles. The van der Waals surface area contributed by atoms with Crippen LogP contribution < -0.4 is 15.5 Å². The van der Waals surface area contributed by atoms with Crippen molar-refractivity contribution >= 4 is 29.3 Å². The number of nitrogens with one attached hydrogen (secondary N) is 2. The second kappa shape index (κ2) is 10.1. The van der Waals surface area contributed by atoms with Gasteiger partial charge in [0.1, 0.15) is 6.04 Å². The molecule has 1 atom stereocenters. The van der Waals surface area contributed by atoms with Crippen LogP contribution in [0.3, 0.4) is 0 Å². The summed E-state index contributed by atoms with van der Waals surface area (Å²) in [6.45, 7) is 10.5. The van der Waals surface area contributed by atoms with Gasteiger partial charge < -0.3 is 25.2 Å². The molecule has 0 spiro atoms. The highest BCUT2D eigenvalue weighted by Crippen LogP contribution is 2.20. The Morgan fingerprint density at radius 1 is 0.966 bits per heavy atom. The molecule has 8 heteroatoms. The molecular weight excluding hydrogens is 372 g/mol. The third-order valence-corrected chi connectivity index (χ3v) is 4.98. The molecule has 3 amide bonds. The lowest BCUT2D eigenvalue weighted by molar-refractivity contribution is -0.144. The Morgan fingerprint density at radius 2 is 1.55 bits per heavy atom. The lowest BCUT2D eigenvalue weighted by atomic mass is 10.1. The van der Waals surface area contributed by atoms with E-state index < -0.39 is 18.0 Å². The van der Waals surface area contributed by atoms with Crippen LogP contribution in [0.25, 0.3) is 0 Å². The van der Waals surface area contributed by atoms with Crippen LogP contribution in [0.1, 0.15) is 27.7 Å². The monoisotopic (exact) mass is 404 g/mol. The van der Waals surface area contributed by atoms with Crippen molar-refractivity contribution in [1.82, 2.24) is 10.2 Å². The summed E-state index contributed by atoms with van der Waals surface area (Å²) < 4.78 is 4.73.